The average Bonchev–Trinajstić information content (AvgIpc) is 2.29. The third kappa shape index (κ3) is 3.57. The number of nitrogens with zero attached hydrogens (tertiary/aromatic N) is 1. The Kier molecular flexibility index (Phi) is 4.83. The number of anilines is 1. The Morgan fingerprint density at radius 2 is 1.94 bits per heavy atom. The molecule has 0 aromatic heterocycles. The van der Waals surface area contributed by atoms with Crippen LogP contribution in [0.4, 0.5) is 5.69 Å². The first-order valence-corrected chi connectivity index (χ1v) is 5.84. The topological polar surface area (TPSA) is 50.4 Å². The lowest BCUT2D eigenvalue weighted by Crippen LogP contribution is -2.22. The van der Waals surface area contributed by atoms with Crippen LogP contribution in [0.15, 0.2) is 29.3 Å². The van der Waals surface area contributed by atoms with Crippen LogP contribution in [0.5, 0.6) is 0 Å². The van der Waals surface area contributed by atoms with Crippen molar-refractivity contribution in [3.8, 4) is 0 Å². The van der Waals surface area contributed by atoms with Crippen molar-refractivity contribution in [3.63, 3.8) is 0 Å². The number of nitrogens with two attached hydrogens (primary N) is 1. The summed E-state index contributed by atoms with van der Waals surface area (Å²) >= 11 is 0. The zero-order chi connectivity index (χ0) is 12.0. The zero-order valence-electron chi connectivity index (χ0n) is 10.3. The van der Waals surface area contributed by atoms with Gasteiger partial charge < -0.3 is 11.1 Å². The standard InChI is InChI=1S/C13H21N3/c1-4-10(3)11-6-8-12(9-7-11)16-13(14)15-5-2/h6-10H,4-5H2,1-3H3,(H3,14,15,16). The van der Waals surface area contributed by atoms with E-state index in [1.54, 1.807) is 0 Å². The molecule has 0 spiro atoms. The van der Waals surface area contributed by atoms with E-state index >= 15 is 0 Å². The van der Waals surface area contributed by atoms with Crippen molar-refractivity contribution in [2.45, 2.75) is 33.1 Å². The molecule has 1 unspecified atom stereocenters. The SMILES string of the molecule is CCN=C(N)Nc1ccc(C(C)CC)cc1. The minimum atomic E-state index is 0.471. The van der Waals surface area contributed by atoms with E-state index in [4.69, 9.17) is 5.73 Å². The van der Waals surface area contributed by atoms with Crippen molar-refractivity contribution in [1.29, 1.82) is 0 Å². The third-order valence-electron chi connectivity index (χ3n) is 2.69. The van der Waals surface area contributed by atoms with Crippen molar-refractivity contribution in [2.75, 3.05) is 11.9 Å². The van der Waals surface area contributed by atoms with E-state index in [-0.39, 0.29) is 0 Å². The first-order chi connectivity index (χ1) is 7.67. The van der Waals surface area contributed by atoms with E-state index in [1.807, 2.05) is 19.1 Å². The molecule has 0 saturated carbocycles. The maximum Gasteiger partial charge on any atom is 0.193 e. The fourth-order valence-electron chi connectivity index (χ4n) is 1.49. The van der Waals surface area contributed by atoms with Crippen LogP contribution in [0.3, 0.4) is 0 Å². The Balaban J connectivity index is 2.68. The summed E-state index contributed by atoms with van der Waals surface area (Å²) in [6.07, 6.45) is 1.16. The van der Waals surface area contributed by atoms with Gasteiger partial charge in [-0.2, -0.15) is 0 Å². The molecule has 1 rings (SSSR count). The molecule has 1 aromatic rings. The lowest BCUT2D eigenvalue weighted by molar-refractivity contribution is 0.734. The molecular weight excluding hydrogens is 198 g/mol. The first-order valence-electron chi connectivity index (χ1n) is 5.84. The molecule has 3 heteroatoms. The van der Waals surface area contributed by atoms with Crippen LogP contribution in [0.25, 0.3) is 0 Å². The highest BCUT2D eigenvalue weighted by Crippen LogP contribution is 2.20. The number of hydrogen-bond donors (Lipinski definition) is 2. The number of guanidine groups is 1. The van der Waals surface area contributed by atoms with Gasteiger partial charge in [0.2, 0.25) is 0 Å². The van der Waals surface area contributed by atoms with Crippen molar-refractivity contribution in [3.05, 3.63) is 29.8 Å². The van der Waals surface area contributed by atoms with Crippen LogP contribution in [0, 0.1) is 0 Å². The van der Waals surface area contributed by atoms with Gasteiger partial charge in [-0.05, 0) is 37.0 Å². The Morgan fingerprint density at radius 1 is 1.31 bits per heavy atom. The van der Waals surface area contributed by atoms with Crippen molar-refractivity contribution in [1.82, 2.24) is 0 Å². The number of benzene rings is 1. The lowest BCUT2D eigenvalue weighted by atomic mass is 9.99. The van der Waals surface area contributed by atoms with Gasteiger partial charge in [-0.15, -0.1) is 0 Å². The van der Waals surface area contributed by atoms with E-state index in [9.17, 15) is 0 Å². The van der Waals surface area contributed by atoms with Gasteiger partial charge in [-0.3, -0.25) is 4.99 Å². The molecule has 0 heterocycles. The predicted molar refractivity (Wildman–Crippen MR) is 70.9 cm³/mol. The van der Waals surface area contributed by atoms with Crippen molar-refractivity contribution in [2.24, 2.45) is 10.7 Å². The van der Waals surface area contributed by atoms with E-state index in [0.29, 0.717) is 18.4 Å². The fourth-order valence-corrected chi connectivity index (χ4v) is 1.49. The highest BCUT2D eigenvalue weighted by molar-refractivity contribution is 5.92. The fraction of sp³-hybridized carbons (Fsp3) is 0.462. The molecule has 0 aliphatic carbocycles. The molecule has 0 saturated heterocycles. The maximum absolute atomic E-state index is 5.68. The molecule has 0 amide bonds. The molecule has 1 aromatic carbocycles. The molecule has 16 heavy (non-hydrogen) atoms. The first kappa shape index (κ1) is 12.6. The summed E-state index contributed by atoms with van der Waals surface area (Å²) in [6, 6.07) is 8.35. The van der Waals surface area contributed by atoms with Gasteiger partial charge in [0.1, 0.15) is 0 Å². The van der Waals surface area contributed by atoms with Crippen LogP contribution < -0.4 is 11.1 Å². The number of nitrogens with one attached hydrogen (secondary N) is 1. The van der Waals surface area contributed by atoms with E-state index in [2.05, 4.69) is 36.3 Å². The Morgan fingerprint density at radius 3 is 2.44 bits per heavy atom. The van der Waals surface area contributed by atoms with Crippen LogP contribution in [-0.4, -0.2) is 12.5 Å². The Labute approximate surface area is 97.8 Å². The maximum atomic E-state index is 5.68. The third-order valence-corrected chi connectivity index (χ3v) is 2.69. The lowest BCUT2D eigenvalue weighted by Gasteiger charge is -2.10. The highest BCUT2D eigenvalue weighted by Gasteiger charge is 2.02. The van der Waals surface area contributed by atoms with Gasteiger partial charge in [0.25, 0.3) is 0 Å². The summed E-state index contributed by atoms with van der Waals surface area (Å²) in [6.45, 7) is 7.09. The molecular formula is C13H21N3. The largest absolute Gasteiger partial charge is 0.370 e. The monoisotopic (exact) mass is 219 g/mol. The zero-order valence-corrected chi connectivity index (χ0v) is 10.3. The quantitative estimate of drug-likeness (QED) is 0.604. The molecule has 0 aliphatic rings. The molecule has 3 N–H and O–H groups in total. The normalized spacial score (nSPS) is 13.6. The summed E-state index contributed by atoms with van der Waals surface area (Å²) in [4.78, 5) is 4.08. The smallest absolute Gasteiger partial charge is 0.193 e. The van der Waals surface area contributed by atoms with Gasteiger partial charge in [0.05, 0.1) is 0 Å². The molecule has 3 nitrogen and oxygen atoms in total. The highest BCUT2D eigenvalue weighted by atomic mass is 15.1. The molecule has 0 fully saturated rings. The van der Waals surface area contributed by atoms with Crippen molar-refractivity contribution >= 4 is 11.6 Å². The average molecular weight is 219 g/mol. The summed E-state index contributed by atoms with van der Waals surface area (Å²) in [5.74, 6) is 1.08. The number of rotatable bonds is 4. The Hall–Kier alpha value is -1.51. The summed E-state index contributed by atoms with van der Waals surface area (Å²) in [5.41, 5.74) is 8.03. The second kappa shape index (κ2) is 6.16. The van der Waals surface area contributed by atoms with Gasteiger partial charge in [0.15, 0.2) is 5.96 Å². The van der Waals surface area contributed by atoms with Gasteiger partial charge in [-0.1, -0.05) is 26.0 Å². The minimum Gasteiger partial charge on any atom is -0.370 e. The molecule has 0 bridgehead atoms. The molecule has 0 radical (unpaired) electrons. The summed E-state index contributed by atoms with van der Waals surface area (Å²) < 4.78 is 0. The molecule has 88 valence electrons. The summed E-state index contributed by atoms with van der Waals surface area (Å²) in [7, 11) is 0. The van der Waals surface area contributed by atoms with Crippen LogP contribution in [-0.2, 0) is 0 Å². The van der Waals surface area contributed by atoms with Crippen LogP contribution in [0.2, 0.25) is 0 Å². The molecule has 0 aliphatic heterocycles. The van der Waals surface area contributed by atoms with Gasteiger partial charge in [-0.25, -0.2) is 0 Å². The van der Waals surface area contributed by atoms with Gasteiger partial charge in [0, 0.05) is 12.2 Å². The predicted octanol–water partition coefficient (Wildman–Crippen LogP) is 2.95. The van der Waals surface area contributed by atoms with Crippen LogP contribution in [0.1, 0.15) is 38.7 Å². The second-order valence-corrected chi connectivity index (χ2v) is 3.92. The van der Waals surface area contributed by atoms with E-state index in [0.717, 1.165) is 12.1 Å². The summed E-state index contributed by atoms with van der Waals surface area (Å²) in [5, 5.41) is 3.05. The van der Waals surface area contributed by atoms with Gasteiger partial charge >= 0.3 is 0 Å². The minimum absolute atomic E-state index is 0.471. The van der Waals surface area contributed by atoms with Crippen molar-refractivity contribution < 1.29 is 0 Å². The number of aliphatic imine (C=N–C) groups is 1. The van der Waals surface area contributed by atoms with E-state index in [1.165, 1.54) is 5.56 Å². The number of hydrogen-bond acceptors (Lipinski definition) is 1. The molecule has 1 atom stereocenters. The second-order valence-electron chi connectivity index (χ2n) is 3.92. The Bertz CT molecular complexity index is 341. The van der Waals surface area contributed by atoms with Crippen LogP contribution >= 0.6 is 0 Å². The van der Waals surface area contributed by atoms with E-state index < -0.39 is 0 Å².